The zero-order valence-electron chi connectivity index (χ0n) is 14.3. The summed E-state index contributed by atoms with van der Waals surface area (Å²) in [5.74, 6) is 0.157. The number of hydrogen-bond acceptors (Lipinski definition) is 5. The lowest BCUT2D eigenvalue weighted by molar-refractivity contribution is 0.00578. The monoisotopic (exact) mass is 306 g/mol. The van der Waals surface area contributed by atoms with Gasteiger partial charge >= 0.3 is 7.12 Å². The van der Waals surface area contributed by atoms with E-state index < -0.39 is 18.3 Å². The molecule has 2 rings (SSSR count). The van der Waals surface area contributed by atoms with Gasteiger partial charge in [0.15, 0.2) is 0 Å². The zero-order valence-corrected chi connectivity index (χ0v) is 14.3. The first kappa shape index (κ1) is 16.8. The molecule has 22 heavy (non-hydrogen) atoms. The molecular formula is C15H23BN2O4. The molecule has 1 saturated heterocycles. The average Bonchev–Trinajstić information content (AvgIpc) is 2.65. The molecule has 1 aliphatic rings. The van der Waals surface area contributed by atoms with E-state index in [2.05, 4.69) is 4.98 Å². The van der Waals surface area contributed by atoms with Crippen molar-refractivity contribution in [2.75, 3.05) is 21.2 Å². The van der Waals surface area contributed by atoms with Crippen molar-refractivity contribution in [1.82, 2.24) is 9.88 Å². The van der Waals surface area contributed by atoms with E-state index in [9.17, 15) is 4.79 Å². The lowest BCUT2D eigenvalue weighted by Gasteiger charge is -2.32. The minimum atomic E-state index is -0.573. The Kier molecular flexibility index (Phi) is 4.23. The van der Waals surface area contributed by atoms with E-state index in [1.165, 1.54) is 12.0 Å². The van der Waals surface area contributed by atoms with Gasteiger partial charge in [0, 0.05) is 19.6 Å². The smallest absolute Gasteiger partial charge is 0.481 e. The molecule has 1 amide bonds. The molecule has 1 aromatic rings. The number of hydrogen-bond donors (Lipinski definition) is 0. The van der Waals surface area contributed by atoms with E-state index >= 15 is 0 Å². The first-order valence-corrected chi connectivity index (χ1v) is 7.21. The summed E-state index contributed by atoms with van der Waals surface area (Å²) in [6.07, 6.45) is 0. The van der Waals surface area contributed by atoms with E-state index in [0.29, 0.717) is 17.0 Å². The number of ether oxygens (including phenoxy) is 1. The van der Waals surface area contributed by atoms with Gasteiger partial charge in [0.2, 0.25) is 5.88 Å². The van der Waals surface area contributed by atoms with Crippen LogP contribution in [0.25, 0.3) is 0 Å². The van der Waals surface area contributed by atoms with Gasteiger partial charge in [-0.25, -0.2) is 4.98 Å². The first-order chi connectivity index (χ1) is 10.1. The highest BCUT2D eigenvalue weighted by molar-refractivity contribution is 6.63. The normalized spacial score (nSPS) is 19.1. The molecule has 2 heterocycles. The van der Waals surface area contributed by atoms with Crippen LogP contribution < -0.4 is 10.2 Å². The maximum Gasteiger partial charge on any atom is 0.500 e. The average molecular weight is 306 g/mol. The fourth-order valence-corrected chi connectivity index (χ4v) is 2.11. The van der Waals surface area contributed by atoms with E-state index in [-0.39, 0.29) is 5.91 Å². The number of carbonyl (C=O) groups excluding carboxylic acids is 1. The van der Waals surface area contributed by atoms with Crippen LogP contribution in [-0.4, -0.2) is 55.3 Å². The van der Waals surface area contributed by atoms with Gasteiger partial charge in [-0.3, -0.25) is 4.79 Å². The quantitative estimate of drug-likeness (QED) is 0.782. The summed E-state index contributed by atoms with van der Waals surface area (Å²) >= 11 is 0. The summed E-state index contributed by atoms with van der Waals surface area (Å²) in [6.45, 7) is 7.93. The molecule has 120 valence electrons. The number of pyridine rings is 1. The molecule has 0 bridgehead atoms. The number of aromatic nitrogens is 1. The van der Waals surface area contributed by atoms with Crippen LogP contribution in [0.5, 0.6) is 5.88 Å². The van der Waals surface area contributed by atoms with Gasteiger partial charge in [-0.1, -0.05) is 6.07 Å². The Labute approximate surface area is 131 Å². The molecule has 1 aromatic heterocycles. The van der Waals surface area contributed by atoms with Crippen LogP contribution >= 0.6 is 0 Å². The SMILES string of the molecule is COc1nc(C(=O)N(C)C)ccc1B1OC(C)(C)C(C)(C)O1. The standard InChI is InChI=1S/C15H23BN2O4/c1-14(2)15(3,4)22-16(21-14)10-8-9-11(13(19)18(5)6)17-12(10)20-7/h8-9H,1-7H3. The minimum absolute atomic E-state index is 0.182. The topological polar surface area (TPSA) is 60.9 Å². The van der Waals surface area contributed by atoms with Crippen molar-refractivity contribution < 1.29 is 18.8 Å². The maximum absolute atomic E-state index is 12.0. The van der Waals surface area contributed by atoms with E-state index in [4.69, 9.17) is 14.0 Å². The van der Waals surface area contributed by atoms with E-state index in [0.717, 1.165) is 0 Å². The third-order valence-corrected chi connectivity index (χ3v) is 4.22. The number of methoxy groups -OCH3 is 1. The summed E-state index contributed by atoms with van der Waals surface area (Å²) in [5, 5.41) is 0. The molecule has 0 unspecified atom stereocenters. The molecule has 0 spiro atoms. The molecule has 1 fully saturated rings. The van der Waals surface area contributed by atoms with Crippen LogP contribution in [0.2, 0.25) is 0 Å². The fourth-order valence-electron chi connectivity index (χ4n) is 2.11. The Bertz CT molecular complexity index is 571. The third-order valence-electron chi connectivity index (χ3n) is 4.22. The number of nitrogens with zero attached hydrogens (tertiary/aromatic N) is 2. The van der Waals surface area contributed by atoms with Crippen molar-refractivity contribution in [3.8, 4) is 5.88 Å². The predicted molar refractivity (Wildman–Crippen MR) is 84.5 cm³/mol. The highest BCUT2D eigenvalue weighted by Crippen LogP contribution is 2.37. The predicted octanol–water partition coefficient (Wildman–Crippen LogP) is 1.09. The minimum Gasteiger partial charge on any atom is -0.481 e. The second-order valence-corrected chi connectivity index (χ2v) is 6.58. The van der Waals surface area contributed by atoms with Gasteiger partial charge in [0.1, 0.15) is 5.69 Å². The van der Waals surface area contributed by atoms with Crippen molar-refractivity contribution in [1.29, 1.82) is 0 Å². The fraction of sp³-hybridized carbons (Fsp3) is 0.600. The van der Waals surface area contributed by atoms with Gasteiger partial charge in [-0.05, 0) is 33.8 Å². The van der Waals surface area contributed by atoms with Crippen molar-refractivity contribution >= 4 is 18.5 Å². The Hall–Kier alpha value is -1.60. The Balaban J connectivity index is 2.36. The van der Waals surface area contributed by atoms with Crippen LogP contribution in [0.1, 0.15) is 38.2 Å². The molecular weight excluding hydrogens is 283 g/mol. The van der Waals surface area contributed by atoms with Crippen LogP contribution in [0.15, 0.2) is 12.1 Å². The molecule has 6 nitrogen and oxygen atoms in total. The number of rotatable bonds is 3. The molecule has 0 aromatic carbocycles. The third kappa shape index (κ3) is 2.83. The van der Waals surface area contributed by atoms with E-state index in [1.807, 2.05) is 27.7 Å². The molecule has 0 aliphatic carbocycles. The maximum atomic E-state index is 12.0. The lowest BCUT2D eigenvalue weighted by Crippen LogP contribution is -2.41. The lowest BCUT2D eigenvalue weighted by atomic mass is 9.79. The van der Waals surface area contributed by atoms with Crippen molar-refractivity contribution in [3.63, 3.8) is 0 Å². The van der Waals surface area contributed by atoms with Crippen molar-refractivity contribution in [2.45, 2.75) is 38.9 Å². The van der Waals surface area contributed by atoms with Crippen LogP contribution in [0, 0.1) is 0 Å². The van der Waals surface area contributed by atoms with Crippen LogP contribution in [-0.2, 0) is 9.31 Å². The van der Waals surface area contributed by atoms with Gasteiger partial charge in [-0.15, -0.1) is 0 Å². The number of amides is 1. The highest BCUT2D eigenvalue weighted by atomic mass is 16.7. The molecule has 0 saturated carbocycles. The van der Waals surface area contributed by atoms with Gasteiger partial charge < -0.3 is 18.9 Å². The van der Waals surface area contributed by atoms with E-state index in [1.54, 1.807) is 26.2 Å². The second kappa shape index (κ2) is 5.55. The largest absolute Gasteiger partial charge is 0.500 e. The molecule has 0 radical (unpaired) electrons. The van der Waals surface area contributed by atoms with Crippen LogP contribution in [0.4, 0.5) is 0 Å². The van der Waals surface area contributed by atoms with Crippen molar-refractivity contribution in [2.24, 2.45) is 0 Å². The summed E-state index contributed by atoms with van der Waals surface area (Å²) in [5.41, 5.74) is 0.111. The Morgan fingerprint density at radius 1 is 1.18 bits per heavy atom. The zero-order chi connectivity index (χ0) is 16.7. The highest BCUT2D eigenvalue weighted by Gasteiger charge is 2.52. The molecule has 7 heteroatoms. The first-order valence-electron chi connectivity index (χ1n) is 7.21. The molecule has 1 aliphatic heterocycles. The summed E-state index contributed by atoms with van der Waals surface area (Å²) in [7, 11) is 4.30. The Morgan fingerprint density at radius 2 is 1.73 bits per heavy atom. The Morgan fingerprint density at radius 3 is 2.18 bits per heavy atom. The second-order valence-electron chi connectivity index (χ2n) is 6.58. The van der Waals surface area contributed by atoms with Crippen LogP contribution in [0.3, 0.4) is 0 Å². The van der Waals surface area contributed by atoms with Crippen molar-refractivity contribution in [3.05, 3.63) is 17.8 Å². The van der Waals surface area contributed by atoms with Gasteiger partial charge in [0.05, 0.1) is 18.3 Å². The number of carbonyl (C=O) groups is 1. The van der Waals surface area contributed by atoms with Gasteiger partial charge in [-0.2, -0.15) is 0 Å². The summed E-state index contributed by atoms with van der Waals surface area (Å²) in [4.78, 5) is 17.7. The summed E-state index contributed by atoms with van der Waals surface area (Å²) in [6, 6.07) is 3.43. The molecule has 0 atom stereocenters. The molecule has 0 N–H and O–H groups in total. The van der Waals surface area contributed by atoms with Gasteiger partial charge in [0.25, 0.3) is 5.91 Å². The summed E-state index contributed by atoms with van der Waals surface area (Å²) < 4.78 is 17.3.